The van der Waals surface area contributed by atoms with Crippen LogP contribution in [0.4, 0.5) is 13.2 Å². The van der Waals surface area contributed by atoms with Gasteiger partial charge in [-0.15, -0.1) is 0 Å². The molecule has 1 N–H and O–H groups in total. The van der Waals surface area contributed by atoms with Crippen LogP contribution in [0.15, 0.2) is 18.3 Å². The Balaban J connectivity index is 1.18. The van der Waals surface area contributed by atoms with Crippen LogP contribution in [0.2, 0.25) is 0 Å². The molecule has 0 unspecified atom stereocenters. The average Bonchev–Trinajstić information content (AvgIpc) is 3.19. The number of ether oxygens (including phenoxy) is 1. The van der Waals surface area contributed by atoms with Crippen molar-refractivity contribution in [1.82, 2.24) is 20.2 Å². The van der Waals surface area contributed by atoms with Gasteiger partial charge in [0, 0.05) is 35.9 Å². The van der Waals surface area contributed by atoms with Gasteiger partial charge in [-0.2, -0.15) is 13.2 Å². The first kappa shape index (κ1) is 23.9. The quantitative estimate of drug-likeness (QED) is 0.628. The van der Waals surface area contributed by atoms with Crippen molar-refractivity contribution in [2.24, 2.45) is 5.92 Å². The number of halogens is 3. The van der Waals surface area contributed by atoms with Gasteiger partial charge >= 0.3 is 6.18 Å². The van der Waals surface area contributed by atoms with E-state index in [1.54, 1.807) is 18.3 Å². The first-order valence-corrected chi connectivity index (χ1v) is 12.2. The lowest BCUT2D eigenvalue weighted by Crippen LogP contribution is -2.38. The van der Waals surface area contributed by atoms with E-state index in [0.29, 0.717) is 18.0 Å². The number of alkyl halides is 3. The topological polar surface area (TPSA) is 67.4 Å². The van der Waals surface area contributed by atoms with E-state index in [2.05, 4.69) is 20.2 Å². The minimum atomic E-state index is -4.35. The van der Waals surface area contributed by atoms with Gasteiger partial charge < -0.3 is 10.1 Å². The van der Waals surface area contributed by atoms with Crippen molar-refractivity contribution in [2.45, 2.75) is 64.2 Å². The Morgan fingerprint density at radius 3 is 2.82 bits per heavy atom. The number of hydrogen-bond acceptors (Lipinski definition) is 6. The Morgan fingerprint density at radius 2 is 2.09 bits per heavy atom. The van der Waals surface area contributed by atoms with Gasteiger partial charge in [-0.1, -0.05) is 11.3 Å². The van der Waals surface area contributed by atoms with Gasteiger partial charge in [-0.25, -0.2) is 4.98 Å². The zero-order chi connectivity index (χ0) is 23.4. The van der Waals surface area contributed by atoms with Gasteiger partial charge in [0.05, 0.1) is 11.3 Å². The van der Waals surface area contributed by atoms with Crippen LogP contribution in [0.25, 0.3) is 0 Å². The van der Waals surface area contributed by atoms with Gasteiger partial charge in [0.25, 0.3) is 11.1 Å². The molecular formula is C23H29F3N4O2S. The van der Waals surface area contributed by atoms with Gasteiger partial charge in [0.1, 0.15) is 0 Å². The standard InChI is InChI=1S/C23H29F3N4O2S/c1-15-18(3-2-10-27-15)21(31)28-17-6-4-16(5-7-17)8-11-30-12-9-20-19(13-30)29-22(33-20)32-14-23(24,25)26/h2-3,10,16-17H,4-9,11-14H2,1H3,(H,28,31)/t16-,17-. The highest BCUT2D eigenvalue weighted by Gasteiger charge is 2.30. The molecule has 0 spiro atoms. The van der Waals surface area contributed by atoms with E-state index in [-0.39, 0.29) is 17.1 Å². The second kappa shape index (κ2) is 10.4. The van der Waals surface area contributed by atoms with Crippen LogP contribution >= 0.6 is 11.3 Å². The largest absolute Gasteiger partial charge is 0.460 e. The van der Waals surface area contributed by atoms with Gasteiger partial charge in [-0.05, 0) is 70.0 Å². The number of pyridine rings is 1. The molecule has 33 heavy (non-hydrogen) atoms. The molecule has 0 bridgehead atoms. The fourth-order valence-electron chi connectivity index (χ4n) is 4.57. The molecule has 180 valence electrons. The molecule has 2 aromatic rings. The summed E-state index contributed by atoms with van der Waals surface area (Å²) in [5, 5.41) is 3.27. The number of nitrogens with one attached hydrogen (secondary N) is 1. The van der Waals surface area contributed by atoms with Crippen LogP contribution in [0.5, 0.6) is 5.19 Å². The molecule has 3 heterocycles. The molecule has 1 fully saturated rings. The van der Waals surface area contributed by atoms with E-state index >= 15 is 0 Å². The molecule has 6 nitrogen and oxygen atoms in total. The predicted molar refractivity (Wildman–Crippen MR) is 119 cm³/mol. The van der Waals surface area contributed by atoms with Gasteiger partial charge in [0.2, 0.25) is 0 Å². The molecule has 0 saturated heterocycles. The van der Waals surface area contributed by atoms with E-state index in [0.717, 1.165) is 67.9 Å². The maximum Gasteiger partial charge on any atom is 0.422 e. The summed E-state index contributed by atoms with van der Waals surface area (Å²) in [6.07, 6.45) is 3.35. The maximum absolute atomic E-state index is 12.5. The number of aryl methyl sites for hydroxylation is 1. The molecule has 0 atom stereocenters. The van der Waals surface area contributed by atoms with Crippen LogP contribution in [-0.2, 0) is 13.0 Å². The number of carbonyl (C=O) groups is 1. The lowest BCUT2D eigenvalue weighted by atomic mass is 9.84. The molecule has 2 aromatic heterocycles. The molecule has 4 rings (SSSR count). The van der Waals surface area contributed by atoms with Crippen molar-refractivity contribution < 1.29 is 22.7 Å². The second-order valence-corrected chi connectivity index (χ2v) is 9.94. The number of fused-ring (bicyclic) bond motifs is 1. The molecule has 0 aromatic carbocycles. The summed E-state index contributed by atoms with van der Waals surface area (Å²) >= 11 is 1.23. The number of carbonyl (C=O) groups excluding carboxylic acids is 1. The summed E-state index contributed by atoms with van der Waals surface area (Å²) in [4.78, 5) is 24.3. The zero-order valence-electron chi connectivity index (χ0n) is 18.7. The Bertz CT molecular complexity index is 957. The number of rotatable bonds is 7. The van der Waals surface area contributed by atoms with Crippen molar-refractivity contribution in [3.63, 3.8) is 0 Å². The molecule has 10 heteroatoms. The summed E-state index contributed by atoms with van der Waals surface area (Å²) in [7, 11) is 0. The molecule has 1 aliphatic heterocycles. The van der Waals surface area contributed by atoms with Gasteiger partial charge in [0.15, 0.2) is 6.61 Å². The van der Waals surface area contributed by atoms with Crippen LogP contribution in [0.3, 0.4) is 0 Å². The van der Waals surface area contributed by atoms with Crippen LogP contribution < -0.4 is 10.1 Å². The Kier molecular flexibility index (Phi) is 7.53. The van der Waals surface area contributed by atoms with Crippen LogP contribution in [0.1, 0.15) is 58.7 Å². The monoisotopic (exact) mass is 482 g/mol. The van der Waals surface area contributed by atoms with Crippen molar-refractivity contribution in [3.8, 4) is 5.19 Å². The minimum absolute atomic E-state index is 0.0463. The summed E-state index contributed by atoms with van der Waals surface area (Å²) in [5.74, 6) is 0.579. The SMILES string of the molecule is Cc1ncccc1C(=O)N[C@H]1CC[C@H](CCN2CCc3sc(OCC(F)(F)F)nc3C2)CC1. The van der Waals surface area contributed by atoms with E-state index in [4.69, 9.17) is 4.74 Å². The average molecular weight is 483 g/mol. The number of thiazole rings is 1. The number of nitrogens with zero attached hydrogens (tertiary/aromatic N) is 3. The fraction of sp³-hybridized carbons (Fsp3) is 0.609. The smallest absolute Gasteiger partial charge is 0.422 e. The van der Waals surface area contributed by atoms with Crippen molar-refractivity contribution >= 4 is 17.2 Å². The maximum atomic E-state index is 12.5. The zero-order valence-corrected chi connectivity index (χ0v) is 19.5. The molecule has 0 radical (unpaired) electrons. The van der Waals surface area contributed by atoms with E-state index in [1.165, 1.54) is 11.3 Å². The van der Waals surface area contributed by atoms with Gasteiger partial charge in [-0.3, -0.25) is 14.7 Å². The number of hydrogen-bond donors (Lipinski definition) is 1. The Labute approximate surface area is 195 Å². The highest BCUT2D eigenvalue weighted by Crippen LogP contribution is 2.32. The summed E-state index contributed by atoms with van der Waals surface area (Å²) < 4.78 is 41.9. The van der Waals surface area contributed by atoms with Crippen molar-refractivity contribution in [2.75, 3.05) is 19.7 Å². The lowest BCUT2D eigenvalue weighted by molar-refractivity contribution is -0.153. The van der Waals surface area contributed by atoms with Crippen molar-refractivity contribution in [3.05, 3.63) is 40.2 Å². The molecule has 1 saturated carbocycles. The summed E-state index contributed by atoms with van der Waals surface area (Å²) in [5.41, 5.74) is 2.23. The fourth-order valence-corrected chi connectivity index (χ4v) is 5.48. The van der Waals surface area contributed by atoms with Crippen molar-refractivity contribution in [1.29, 1.82) is 0 Å². The highest BCUT2D eigenvalue weighted by molar-refractivity contribution is 7.13. The first-order valence-electron chi connectivity index (χ1n) is 11.4. The number of amides is 1. The van der Waals surface area contributed by atoms with Crippen LogP contribution in [0, 0.1) is 12.8 Å². The van der Waals surface area contributed by atoms with E-state index < -0.39 is 12.8 Å². The third-order valence-electron chi connectivity index (χ3n) is 6.43. The highest BCUT2D eigenvalue weighted by atomic mass is 32.1. The molecule has 1 amide bonds. The third kappa shape index (κ3) is 6.66. The predicted octanol–water partition coefficient (Wildman–Crippen LogP) is 4.52. The summed E-state index contributed by atoms with van der Waals surface area (Å²) in [6, 6.07) is 3.79. The molecule has 1 aliphatic carbocycles. The Hall–Kier alpha value is -2.20. The molecular weight excluding hydrogens is 453 g/mol. The summed E-state index contributed by atoms with van der Waals surface area (Å²) in [6.45, 7) is 3.05. The minimum Gasteiger partial charge on any atom is -0.460 e. The Morgan fingerprint density at radius 1 is 1.30 bits per heavy atom. The van der Waals surface area contributed by atoms with E-state index in [1.807, 2.05) is 6.92 Å². The lowest BCUT2D eigenvalue weighted by Gasteiger charge is -2.32. The number of aromatic nitrogens is 2. The van der Waals surface area contributed by atoms with E-state index in [9.17, 15) is 18.0 Å². The second-order valence-electron chi connectivity index (χ2n) is 8.90. The normalized spacial score (nSPS) is 21.5. The first-order chi connectivity index (χ1) is 15.8. The third-order valence-corrected chi connectivity index (χ3v) is 7.50. The van der Waals surface area contributed by atoms with Crippen LogP contribution in [-0.4, -0.2) is 52.7 Å². The molecule has 2 aliphatic rings.